The van der Waals surface area contributed by atoms with E-state index in [0.717, 1.165) is 74.6 Å². The van der Waals surface area contributed by atoms with E-state index >= 15 is 28.8 Å². The van der Waals surface area contributed by atoms with Crippen molar-refractivity contribution >= 4 is 68.9 Å². The number of aromatic hydroxyl groups is 1. The number of halogens is 1. The molecule has 14 atom stereocenters. The normalized spacial score (nSPS) is 28.9. The van der Waals surface area contributed by atoms with Crippen molar-refractivity contribution < 1.29 is 116 Å². The first-order valence-corrected chi connectivity index (χ1v) is 39.2. The van der Waals surface area contributed by atoms with Gasteiger partial charge in [-0.2, -0.15) is 0 Å². The van der Waals surface area contributed by atoms with Gasteiger partial charge in [-0.1, -0.05) is 55.8 Å². The minimum atomic E-state index is -4.89. The van der Waals surface area contributed by atoms with Gasteiger partial charge in [-0.25, -0.2) is 13.1 Å². The molecule has 5 fully saturated rings. The molecule has 0 aromatic heterocycles. The Balaban J connectivity index is 0.949. The Morgan fingerprint density at radius 3 is 1.98 bits per heavy atom. The molecule has 6 aromatic rings. The van der Waals surface area contributed by atoms with Gasteiger partial charge in [-0.3, -0.25) is 38.4 Å². The zero-order valence-corrected chi connectivity index (χ0v) is 63.1. The lowest BCUT2D eigenvalue weighted by Crippen LogP contribution is -2.60. The van der Waals surface area contributed by atoms with Crippen LogP contribution < -0.4 is 71.9 Å². The van der Waals surface area contributed by atoms with Crippen molar-refractivity contribution in [3.05, 3.63) is 153 Å². The number of hydrogen-bond donors (Lipinski definition) is 19. The third kappa shape index (κ3) is 16.0. The highest BCUT2D eigenvalue weighted by atomic mass is 35.5. The molecule has 6 aliphatic heterocycles. The summed E-state index contributed by atoms with van der Waals surface area (Å²) in [5.41, 5.74) is 3.49. The second-order valence-electron chi connectivity index (χ2n) is 30.6. The van der Waals surface area contributed by atoms with Gasteiger partial charge in [-0.15, -0.1) is 0 Å². The molecule has 6 aromatic carbocycles. The van der Waals surface area contributed by atoms with E-state index in [0.29, 0.717) is 11.8 Å². The van der Waals surface area contributed by atoms with E-state index in [9.17, 15) is 64.0 Å². The van der Waals surface area contributed by atoms with Gasteiger partial charge in [0, 0.05) is 23.7 Å². The van der Waals surface area contributed by atoms with Crippen LogP contribution in [0.15, 0.2) is 114 Å². The molecule has 11 aliphatic rings. The number of hydrogen-bond acceptors (Lipinski definition) is 26. The van der Waals surface area contributed by atoms with Crippen LogP contribution in [0.5, 0.6) is 40.2 Å². The largest absolute Gasteiger partial charge is 0.508 e. The standard InChI is InChI=1S/C78H87ClN10O24S/c1-32(2)18-50(81-3)70(98)87-63-65(94)37-7-15-52(49(79)25-37)111-54-27-40-26-53(69(54)113-77-68(97)67(96)66(95)55(31-90)112-77)110-43-8-4-35(5-9-43)64(93)62-76(104)86-61(74(102)83-58-38-20-33-19-34(22-38)23-39(58)21-33)46-28-41(91)29-48-57(46)45-24-36(6-14-47(45)78(48,105)106)59(72(100)88-62)85-73(101)60(40)84-71(99)51(82-75(63)103)30-56(92)89-114(107,108)44-12-10-42(11-13-44)109-17-16-80/h4-15,24-29,32-34,38-39,50-51,55,58-68,77,81,90-91,93-97,105-106H,16-23,30-31,80H2,1-3H3,(H,82,103)(H,83,102)(H,84,99)(H,85,101)(H,86,104)(H,87,98)(H,88,100)(H,89,92)/t33?,34?,38?,39?,50-,51+,55-,58?,59-,60-,61+,62+,63-,64-,65-,66-,67+,68-,77+/m1/s1. The van der Waals surface area contributed by atoms with Gasteiger partial charge in [0.15, 0.2) is 11.5 Å². The number of phenols is 1. The molecule has 0 spiro atoms. The highest BCUT2D eigenvalue weighted by molar-refractivity contribution is 7.90. The van der Waals surface area contributed by atoms with Crippen molar-refractivity contribution in [3.63, 3.8) is 0 Å². The summed E-state index contributed by atoms with van der Waals surface area (Å²) in [4.78, 5) is 123. The van der Waals surface area contributed by atoms with Gasteiger partial charge in [-0.05, 0) is 193 Å². The molecule has 17 rings (SSSR count). The number of nitrogens with one attached hydrogen (secondary N) is 9. The van der Waals surface area contributed by atoms with Gasteiger partial charge in [0.1, 0.15) is 102 Å². The smallest absolute Gasteiger partial charge is 0.264 e. The van der Waals surface area contributed by atoms with Crippen LogP contribution in [-0.2, 0) is 58.9 Å². The molecule has 0 radical (unpaired) electrons. The van der Waals surface area contributed by atoms with E-state index in [1.54, 1.807) is 13.8 Å². The van der Waals surface area contributed by atoms with Gasteiger partial charge in [0.05, 0.1) is 29.0 Å². The van der Waals surface area contributed by atoms with E-state index in [-0.39, 0.29) is 110 Å². The molecular formula is C78H87ClN10O24S. The lowest BCUT2D eigenvalue weighted by molar-refractivity contribution is -0.277. The van der Waals surface area contributed by atoms with Gasteiger partial charge >= 0.3 is 0 Å². The van der Waals surface area contributed by atoms with Crippen molar-refractivity contribution in [2.45, 2.75) is 161 Å². The third-order valence-corrected chi connectivity index (χ3v) is 24.1. The second kappa shape index (κ2) is 32.3. The summed E-state index contributed by atoms with van der Waals surface area (Å²) in [6, 6.07) is 6.62. The van der Waals surface area contributed by atoms with Gasteiger partial charge in [0.25, 0.3) is 10.0 Å². The molecule has 34 nitrogen and oxygen atoms in total. The van der Waals surface area contributed by atoms with Crippen LogP contribution in [0.4, 0.5) is 0 Å². The molecule has 114 heavy (non-hydrogen) atoms. The van der Waals surface area contributed by atoms with E-state index in [1.807, 2.05) is 4.72 Å². The third-order valence-electron chi connectivity index (χ3n) is 22.4. The lowest BCUT2D eigenvalue weighted by Gasteiger charge is -2.54. The fourth-order valence-electron chi connectivity index (χ4n) is 17.0. The summed E-state index contributed by atoms with van der Waals surface area (Å²) in [6.45, 7) is 2.82. The van der Waals surface area contributed by atoms with Crippen molar-refractivity contribution in [1.29, 1.82) is 0 Å². The summed E-state index contributed by atoms with van der Waals surface area (Å²) in [6.07, 6.45) is -10.8. The van der Waals surface area contributed by atoms with Crippen molar-refractivity contribution in [3.8, 4) is 51.4 Å². The predicted molar refractivity (Wildman–Crippen MR) is 398 cm³/mol. The summed E-state index contributed by atoms with van der Waals surface area (Å²) < 4.78 is 60.9. The Labute approximate surface area is 656 Å². The maximum atomic E-state index is 16.4. The summed E-state index contributed by atoms with van der Waals surface area (Å²) >= 11 is 7.08. The predicted octanol–water partition coefficient (Wildman–Crippen LogP) is 0.517. The topological polar surface area (TPSA) is 533 Å². The molecule has 15 bridgehead atoms. The van der Waals surface area contributed by atoms with Gasteiger partial charge in [0.2, 0.25) is 65.1 Å². The Kier molecular flexibility index (Phi) is 22.8. The summed E-state index contributed by atoms with van der Waals surface area (Å²) in [7, 11) is -3.43. The van der Waals surface area contributed by atoms with Crippen LogP contribution in [-0.4, -0.2) is 189 Å². The molecule has 20 N–H and O–H groups in total. The number of benzene rings is 6. The SMILES string of the molecule is CN[C@H](CC(C)C)C(=O)N[C@H]1C(=O)N[C@@H](CC(=O)NS(=O)(=O)c2ccc(OCCN)cc2)C(=O)N[C@H]2C(=O)N[C@H]3C(=O)N[C@H](C(=O)N[C@H](C(=O)NC4C5CC6CC(C5)CC4C6)c4cc(O)cc5c4-c4cc3ccc4C5(O)O)[C@H](O)c3ccc(cc3)Oc3cc2cc(c3O[C@@H]2O[C@H](CO)[C@@H](O)[C@H](O)[C@H]2O)Oc2ccc(cc2Cl)[C@H]1O. The zero-order valence-electron chi connectivity index (χ0n) is 61.5. The van der Waals surface area contributed by atoms with E-state index < -0.39 is 195 Å². The second-order valence-corrected chi connectivity index (χ2v) is 32.7. The lowest BCUT2D eigenvalue weighted by atomic mass is 9.54. The van der Waals surface area contributed by atoms with E-state index in [4.69, 9.17) is 41.0 Å². The number of sulfonamides is 1. The van der Waals surface area contributed by atoms with Crippen LogP contribution in [0, 0.1) is 29.6 Å². The molecule has 0 unspecified atom stereocenters. The van der Waals surface area contributed by atoms with Crippen LogP contribution in [0.1, 0.15) is 128 Å². The minimum absolute atomic E-state index is 0.0568. The van der Waals surface area contributed by atoms with Gasteiger partial charge < -0.3 is 118 Å². The monoisotopic (exact) mass is 1610 g/mol. The maximum Gasteiger partial charge on any atom is 0.264 e. The summed E-state index contributed by atoms with van der Waals surface area (Å²) in [5, 5.41) is 126. The molecule has 6 heterocycles. The fraction of sp³-hybridized carbons (Fsp3) is 0.436. The van der Waals surface area contributed by atoms with Crippen LogP contribution >= 0.6 is 11.6 Å². The average molecular weight is 1620 g/mol. The van der Waals surface area contributed by atoms with Crippen molar-refractivity contribution in [1.82, 2.24) is 47.3 Å². The number of rotatable bonds is 17. The number of phenolic OH excluding ortho intramolecular Hbond substituents is 1. The quantitative estimate of drug-likeness (QED) is 0.0553. The highest BCUT2D eigenvalue weighted by Gasteiger charge is 2.52. The molecular weight excluding hydrogens is 1530 g/mol. The number of nitrogens with two attached hydrogens (primary N) is 1. The van der Waals surface area contributed by atoms with E-state index in [1.165, 1.54) is 73.8 Å². The number of fused-ring (bicyclic) bond motifs is 12. The van der Waals surface area contributed by atoms with E-state index in [2.05, 4.69) is 42.5 Å². The first-order chi connectivity index (χ1) is 54.3. The Morgan fingerprint density at radius 1 is 0.675 bits per heavy atom. The van der Waals surface area contributed by atoms with Crippen LogP contribution in [0.2, 0.25) is 5.02 Å². The number of carbonyl (C=O) groups is 8. The molecule has 5 aliphatic carbocycles. The Morgan fingerprint density at radius 2 is 1.32 bits per heavy atom. The number of likely N-dealkylation sites (N-methyl/N-ethyl adjacent to an activating group) is 1. The number of aliphatic hydroxyl groups excluding tert-OH is 6. The molecule has 606 valence electrons. The summed E-state index contributed by atoms with van der Waals surface area (Å²) in [5.74, 6) is -14.9. The number of amides is 8. The van der Waals surface area contributed by atoms with Crippen molar-refractivity contribution in [2.24, 2.45) is 35.3 Å². The fourth-order valence-corrected chi connectivity index (χ4v) is 18.2. The molecule has 4 saturated carbocycles. The van der Waals surface area contributed by atoms with Crippen LogP contribution in [0.3, 0.4) is 0 Å². The molecule has 36 heteroatoms. The molecule has 1 saturated heterocycles. The minimum Gasteiger partial charge on any atom is -0.508 e. The van der Waals surface area contributed by atoms with Crippen molar-refractivity contribution in [2.75, 3.05) is 26.8 Å². The molecule has 8 amide bonds. The first kappa shape index (κ1) is 80.5. The number of ether oxygens (including phenoxy) is 5. The van der Waals surface area contributed by atoms with Crippen LogP contribution in [0.25, 0.3) is 11.1 Å². The maximum absolute atomic E-state index is 16.4. The highest BCUT2D eigenvalue weighted by Crippen LogP contribution is 2.56. The first-order valence-electron chi connectivity index (χ1n) is 37.3. The number of aliphatic hydroxyl groups is 8. The zero-order chi connectivity index (χ0) is 81.3. The Bertz CT molecular complexity index is 4870. The average Bonchev–Trinajstić information content (AvgIpc) is 1.55. The number of carbonyl (C=O) groups excluding carboxylic acids is 8. The Hall–Kier alpha value is -10.1.